The van der Waals surface area contributed by atoms with Crippen LogP contribution in [0.1, 0.15) is 16.8 Å². The zero-order valence-corrected chi connectivity index (χ0v) is 19.2. The van der Waals surface area contributed by atoms with Crippen LogP contribution in [-0.4, -0.2) is 39.8 Å². The SMILES string of the molecule is O=C(Nc1cccnc1)Nc1cccc(Oc2ccc(C(=O)NO)c(-n3cccc3)c2N2CCC2)c1. The number of pyridine rings is 1. The topological polar surface area (TPSA) is 121 Å². The molecule has 0 unspecified atom stereocenters. The number of urea groups is 1. The monoisotopic (exact) mass is 484 g/mol. The predicted molar refractivity (Wildman–Crippen MR) is 135 cm³/mol. The van der Waals surface area contributed by atoms with Crippen LogP contribution in [0, 0.1) is 0 Å². The highest BCUT2D eigenvalue weighted by atomic mass is 16.5. The molecule has 0 spiro atoms. The number of hydroxylamine groups is 1. The van der Waals surface area contributed by atoms with Gasteiger partial charge < -0.3 is 24.8 Å². The van der Waals surface area contributed by atoms with Gasteiger partial charge in [-0.05, 0) is 55.0 Å². The normalized spacial score (nSPS) is 12.4. The first kappa shape index (κ1) is 22.9. The number of nitrogens with zero attached hydrogens (tertiary/aromatic N) is 3. The average molecular weight is 485 g/mol. The van der Waals surface area contributed by atoms with Gasteiger partial charge in [0.1, 0.15) is 11.4 Å². The Kier molecular flexibility index (Phi) is 6.50. The molecule has 0 aliphatic carbocycles. The van der Waals surface area contributed by atoms with E-state index in [4.69, 9.17) is 4.74 Å². The molecule has 5 rings (SSSR count). The molecule has 0 bridgehead atoms. The number of carbonyl (C=O) groups is 2. The Hall–Kier alpha value is -4.83. The number of amides is 3. The quantitative estimate of drug-likeness (QED) is 0.224. The molecule has 1 saturated heterocycles. The Labute approximate surface area is 207 Å². The molecule has 10 heteroatoms. The lowest BCUT2D eigenvalue weighted by molar-refractivity contribution is 0.0706. The summed E-state index contributed by atoms with van der Waals surface area (Å²) in [5.74, 6) is 0.441. The summed E-state index contributed by atoms with van der Waals surface area (Å²) in [6, 6.07) is 17.1. The molecule has 2 aromatic carbocycles. The minimum atomic E-state index is -0.613. The Morgan fingerprint density at radius 3 is 2.39 bits per heavy atom. The number of benzene rings is 2. The summed E-state index contributed by atoms with van der Waals surface area (Å²) in [4.78, 5) is 31.0. The molecule has 1 fully saturated rings. The first-order chi connectivity index (χ1) is 17.6. The number of hydrogen-bond donors (Lipinski definition) is 4. The van der Waals surface area contributed by atoms with E-state index in [1.807, 2.05) is 29.1 Å². The maximum Gasteiger partial charge on any atom is 0.323 e. The molecule has 3 amide bonds. The second-order valence-corrected chi connectivity index (χ2v) is 8.13. The predicted octanol–water partition coefficient (Wildman–Crippen LogP) is 4.64. The van der Waals surface area contributed by atoms with Gasteiger partial charge in [-0.15, -0.1) is 0 Å². The van der Waals surface area contributed by atoms with E-state index in [0.29, 0.717) is 34.1 Å². The van der Waals surface area contributed by atoms with Crippen LogP contribution in [0.25, 0.3) is 5.69 Å². The molecule has 0 atom stereocenters. The van der Waals surface area contributed by atoms with E-state index in [0.717, 1.165) is 25.2 Å². The molecular formula is C26H24N6O4. The van der Waals surface area contributed by atoms with Crippen LogP contribution < -0.4 is 25.8 Å². The van der Waals surface area contributed by atoms with Crippen molar-refractivity contribution in [1.82, 2.24) is 15.0 Å². The summed E-state index contributed by atoms with van der Waals surface area (Å²) < 4.78 is 8.11. The fourth-order valence-corrected chi connectivity index (χ4v) is 3.97. The van der Waals surface area contributed by atoms with Crippen LogP contribution in [0.4, 0.5) is 21.9 Å². The summed E-state index contributed by atoms with van der Waals surface area (Å²) in [6.07, 6.45) is 7.87. The third-order valence-corrected chi connectivity index (χ3v) is 5.73. The van der Waals surface area contributed by atoms with E-state index < -0.39 is 11.9 Å². The summed E-state index contributed by atoms with van der Waals surface area (Å²) in [6.45, 7) is 1.62. The number of ether oxygens (including phenoxy) is 1. The Morgan fingerprint density at radius 1 is 0.917 bits per heavy atom. The highest BCUT2D eigenvalue weighted by molar-refractivity contribution is 6.01. The van der Waals surface area contributed by atoms with E-state index in [1.54, 1.807) is 66.4 Å². The molecule has 0 saturated carbocycles. The zero-order chi connectivity index (χ0) is 24.9. The van der Waals surface area contributed by atoms with Gasteiger partial charge in [-0.2, -0.15) is 0 Å². The maximum atomic E-state index is 12.5. The summed E-state index contributed by atoms with van der Waals surface area (Å²) >= 11 is 0. The lowest BCUT2D eigenvalue weighted by Crippen LogP contribution is -2.38. The summed E-state index contributed by atoms with van der Waals surface area (Å²) in [5.41, 5.74) is 4.51. The largest absolute Gasteiger partial charge is 0.455 e. The number of carbonyl (C=O) groups excluding carboxylic acids is 2. The molecule has 4 N–H and O–H groups in total. The number of hydrogen-bond acceptors (Lipinski definition) is 6. The number of aromatic nitrogens is 2. The van der Waals surface area contributed by atoms with E-state index in [2.05, 4.69) is 20.5 Å². The smallest absolute Gasteiger partial charge is 0.323 e. The molecule has 1 aliphatic heterocycles. The van der Waals surface area contributed by atoms with E-state index in [1.165, 1.54) is 0 Å². The van der Waals surface area contributed by atoms with Gasteiger partial charge in [0, 0.05) is 43.4 Å². The van der Waals surface area contributed by atoms with E-state index >= 15 is 0 Å². The zero-order valence-electron chi connectivity index (χ0n) is 19.2. The van der Waals surface area contributed by atoms with Crippen LogP contribution in [0.15, 0.2) is 85.5 Å². The number of nitrogens with one attached hydrogen (secondary N) is 3. The molecule has 1 aliphatic rings. The fourth-order valence-electron chi connectivity index (χ4n) is 3.97. The van der Waals surface area contributed by atoms with Gasteiger partial charge in [0.25, 0.3) is 5.91 Å². The third kappa shape index (κ3) is 4.84. The van der Waals surface area contributed by atoms with Crippen molar-refractivity contribution in [3.8, 4) is 17.2 Å². The highest BCUT2D eigenvalue weighted by Crippen LogP contribution is 2.42. The molecular weight excluding hydrogens is 460 g/mol. The fraction of sp³-hybridized carbons (Fsp3) is 0.115. The number of rotatable bonds is 7. The van der Waals surface area contributed by atoms with Crippen LogP contribution in [0.5, 0.6) is 11.5 Å². The molecule has 182 valence electrons. The van der Waals surface area contributed by atoms with Crippen molar-refractivity contribution < 1.29 is 19.5 Å². The molecule has 3 heterocycles. The van der Waals surface area contributed by atoms with E-state index in [-0.39, 0.29) is 0 Å². The number of anilines is 3. The van der Waals surface area contributed by atoms with Gasteiger partial charge in [-0.25, -0.2) is 10.3 Å². The average Bonchev–Trinajstić information content (AvgIpc) is 3.39. The lowest BCUT2D eigenvalue weighted by atomic mass is 10.1. The van der Waals surface area contributed by atoms with Gasteiger partial charge in [-0.3, -0.25) is 15.0 Å². The van der Waals surface area contributed by atoms with Crippen LogP contribution in [0.2, 0.25) is 0 Å². The van der Waals surface area contributed by atoms with Crippen LogP contribution in [0.3, 0.4) is 0 Å². The first-order valence-corrected chi connectivity index (χ1v) is 11.4. The molecule has 36 heavy (non-hydrogen) atoms. The molecule has 2 aromatic heterocycles. The van der Waals surface area contributed by atoms with Crippen molar-refractivity contribution in [2.24, 2.45) is 0 Å². The first-order valence-electron chi connectivity index (χ1n) is 11.4. The van der Waals surface area contributed by atoms with Gasteiger partial charge in [0.05, 0.1) is 23.1 Å². The van der Waals surface area contributed by atoms with Gasteiger partial charge in [-0.1, -0.05) is 6.07 Å². The van der Waals surface area contributed by atoms with Crippen molar-refractivity contribution in [1.29, 1.82) is 0 Å². The van der Waals surface area contributed by atoms with Crippen molar-refractivity contribution in [2.75, 3.05) is 28.6 Å². The van der Waals surface area contributed by atoms with Crippen molar-refractivity contribution >= 4 is 29.0 Å². The Morgan fingerprint density at radius 2 is 1.69 bits per heavy atom. The Bertz CT molecular complexity index is 1370. The summed E-state index contributed by atoms with van der Waals surface area (Å²) in [7, 11) is 0. The highest BCUT2D eigenvalue weighted by Gasteiger charge is 2.27. The van der Waals surface area contributed by atoms with Crippen molar-refractivity contribution in [3.63, 3.8) is 0 Å². The van der Waals surface area contributed by atoms with Crippen molar-refractivity contribution in [3.05, 3.63) is 91.0 Å². The minimum absolute atomic E-state index is 0.311. The van der Waals surface area contributed by atoms with Gasteiger partial charge in [0.2, 0.25) is 0 Å². The van der Waals surface area contributed by atoms with Gasteiger partial charge >= 0.3 is 6.03 Å². The minimum Gasteiger partial charge on any atom is -0.455 e. The standard InChI is InChI=1S/C26H24N6O4/c33-25(30-35)21-9-10-22(24(32-14-5-15-32)23(21)31-12-1-2-13-31)36-20-8-3-6-18(16-20)28-26(34)29-19-7-4-11-27-17-19/h1-4,6-13,16-17,35H,5,14-15H2,(H,30,33)(H2,28,29,34). The second kappa shape index (κ2) is 10.2. The van der Waals surface area contributed by atoms with E-state index in [9.17, 15) is 14.8 Å². The third-order valence-electron chi connectivity index (χ3n) is 5.73. The van der Waals surface area contributed by atoms with Crippen molar-refractivity contribution in [2.45, 2.75) is 6.42 Å². The molecule has 4 aromatic rings. The lowest BCUT2D eigenvalue weighted by Gasteiger charge is -2.36. The van der Waals surface area contributed by atoms with Gasteiger partial charge in [0.15, 0.2) is 5.75 Å². The Balaban J connectivity index is 1.45. The van der Waals surface area contributed by atoms with Crippen LogP contribution in [-0.2, 0) is 0 Å². The maximum absolute atomic E-state index is 12.5. The van der Waals surface area contributed by atoms with Crippen LogP contribution >= 0.6 is 0 Å². The second-order valence-electron chi connectivity index (χ2n) is 8.13. The molecule has 10 nitrogen and oxygen atoms in total. The molecule has 0 radical (unpaired) electrons. The summed E-state index contributed by atoms with van der Waals surface area (Å²) in [5, 5.41) is 14.8.